The van der Waals surface area contributed by atoms with Crippen LogP contribution in [-0.2, 0) is 25.1 Å². The van der Waals surface area contributed by atoms with Crippen LogP contribution in [0.5, 0.6) is 0 Å². The normalized spacial score (nSPS) is 12.7. The molecule has 39 heavy (non-hydrogen) atoms. The maximum atomic E-state index is 13.8. The van der Waals surface area contributed by atoms with Crippen LogP contribution >= 0.6 is 11.8 Å². The van der Waals surface area contributed by atoms with Crippen molar-refractivity contribution in [3.8, 4) is 0 Å². The van der Waals surface area contributed by atoms with E-state index >= 15 is 0 Å². The number of pyridine rings is 1. The van der Waals surface area contributed by atoms with Gasteiger partial charge in [-0.1, -0.05) is 49.0 Å². The third-order valence-electron chi connectivity index (χ3n) is 6.13. The van der Waals surface area contributed by atoms with E-state index in [1.165, 1.54) is 29.5 Å². The zero-order valence-corrected chi connectivity index (χ0v) is 22.4. The van der Waals surface area contributed by atoms with Gasteiger partial charge in [0.1, 0.15) is 17.4 Å². The van der Waals surface area contributed by atoms with E-state index in [1.807, 2.05) is 30.3 Å². The molecular weight excluding hydrogens is 520 g/mol. The van der Waals surface area contributed by atoms with Crippen molar-refractivity contribution < 1.29 is 23.1 Å². The van der Waals surface area contributed by atoms with Crippen LogP contribution in [0.3, 0.4) is 0 Å². The number of carbonyl (C=O) groups excluding carboxylic acids is 1. The Kier molecular flexibility index (Phi) is 10.2. The zero-order valence-electron chi connectivity index (χ0n) is 21.6. The van der Waals surface area contributed by atoms with Gasteiger partial charge in [0.15, 0.2) is 5.76 Å². The molecule has 0 fully saturated rings. The molecule has 0 saturated heterocycles. The fourth-order valence-corrected chi connectivity index (χ4v) is 4.88. The molecule has 204 valence electrons. The molecule has 0 aliphatic carbocycles. The Morgan fingerprint density at radius 1 is 1.00 bits per heavy atom. The van der Waals surface area contributed by atoms with Gasteiger partial charge in [-0.25, -0.2) is 13.8 Å². The number of hydrogen-bond acceptors (Lipinski definition) is 6. The number of furan rings is 1. The largest absolute Gasteiger partial charge is 0.455 e. The molecule has 4 rings (SSSR count). The third-order valence-corrected chi connectivity index (χ3v) is 7.09. The molecule has 2 heterocycles. The van der Waals surface area contributed by atoms with E-state index in [0.29, 0.717) is 23.6 Å². The summed E-state index contributed by atoms with van der Waals surface area (Å²) in [6.45, 7) is 2.76. The fraction of sp³-hybridized carbons (Fsp3) is 0.267. The van der Waals surface area contributed by atoms with E-state index in [0.717, 1.165) is 23.1 Å². The minimum Gasteiger partial charge on any atom is -0.455 e. The Hall–Kier alpha value is -3.53. The van der Waals surface area contributed by atoms with Crippen molar-refractivity contribution >= 4 is 17.7 Å². The van der Waals surface area contributed by atoms with E-state index in [1.54, 1.807) is 18.3 Å². The van der Waals surface area contributed by atoms with Crippen LogP contribution in [0.15, 0.2) is 88.4 Å². The molecular formula is C30H31F2N3O3S. The van der Waals surface area contributed by atoms with Crippen molar-refractivity contribution in [3.05, 3.63) is 119 Å². The number of aliphatic hydroxyl groups is 1. The number of aromatic nitrogens is 1. The molecule has 0 saturated carbocycles. The Balaban J connectivity index is 1.41. The molecule has 1 amide bonds. The highest BCUT2D eigenvalue weighted by Gasteiger charge is 2.24. The number of aryl methyl sites for hydroxylation is 1. The molecule has 0 aliphatic rings. The number of thioether (sulfide) groups is 1. The maximum Gasteiger partial charge on any atom is 0.287 e. The highest BCUT2D eigenvalue weighted by Crippen LogP contribution is 2.22. The number of halogens is 2. The molecule has 4 aromatic rings. The van der Waals surface area contributed by atoms with Crippen LogP contribution in [0.1, 0.15) is 39.9 Å². The Bertz CT molecular complexity index is 1350. The second kappa shape index (κ2) is 14.0. The van der Waals surface area contributed by atoms with Crippen LogP contribution in [0.2, 0.25) is 0 Å². The minimum atomic E-state index is -1.04. The quantitative estimate of drug-likeness (QED) is 0.196. The lowest BCUT2D eigenvalue weighted by Gasteiger charge is -2.24. The van der Waals surface area contributed by atoms with Crippen LogP contribution in [0.4, 0.5) is 8.78 Å². The molecule has 6 nitrogen and oxygen atoms in total. The number of hydrogen-bond donors (Lipinski definition) is 3. The van der Waals surface area contributed by atoms with Gasteiger partial charge < -0.3 is 20.2 Å². The second-order valence-corrected chi connectivity index (χ2v) is 10.2. The van der Waals surface area contributed by atoms with Gasteiger partial charge in [0.05, 0.1) is 22.9 Å². The lowest BCUT2D eigenvalue weighted by Crippen LogP contribution is -2.48. The summed E-state index contributed by atoms with van der Waals surface area (Å²) in [6.07, 6.45) is 1.61. The summed E-state index contributed by atoms with van der Waals surface area (Å²) in [7, 11) is 0. The minimum absolute atomic E-state index is 0.0255. The van der Waals surface area contributed by atoms with Gasteiger partial charge in [0.2, 0.25) is 0 Å². The average Bonchev–Trinajstić information content (AvgIpc) is 3.41. The third kappa shape index (κ3) is 8.74. The van der Waals surface area contributed by atoms with Crippen LogP contribution < -0.4 is 10.6 Å². The topological polar surface area (TPSA) is 87.4 Å². The summed E-state index contributed by atoms with van der Waals surface area (Å²) in [5.74, 6) is -0.809. The molecule has 2 unspecified atom stereocenters. The SMILES string of the molecule is CCc1cccc(CNCC(O)C(Cc2cc(F)cc(F)c2)NC(=O)c2ccc(CSc3ccccn3)o2)c1. The van der Waals surface area contributed by atoms with E-state index in [-0.39, 0.29) is 18.7 Å². The van der Waals surface area contributed by atoms with Crippen LogP contribution in [0, 0.1) is 11.6 Å². The van der Waals surface area contributed by atoms with Crippen molar-refractivity contribution in [2.45, 2.75) is 49.2 Å². The predicted molar refractivity (Wildman–Crippen MR) is 147 cm³/mol. The first-order valence-corrected chi connectivity index (χ1v) is 13.7. The maximum absolute atomic E-state index is 13.8. The van der Waals surface area contributed by atoms with Gasteiger partial charge in [-0.05, 0) is 65.9 Å². The molecule has 0 bridgehead atoms. The Morgan fingerprint density at radius 2 is 1.79 bits per heavy atom. The summed E-state index contributed by atoms with van der Waals surface area (Å²) in [6, 6.07) is 19.4. The molecule has 0 spiro atoms. The number of aliphatic hydroxyl groups excluding tert-OH is 1. The molecule has 0 aliphatic heterocycles. The molecule has 3 N–H and O–H groups in total. The van der Waals surface area contributed by atoms with Crippen molar-refractivity contribution in [3.63, 3.8) is 0 Å². The molecule has 0 radical (unpaired) electrons. The smallest absolute Gasteiger partial charge is 0.287 e. The molecule has 2 aromatic heterocycles. The van der Waals surface area contributed by atoms with E-state index < -0.39 is 29.7 Å². The highest BCUT2D eigenvalue weighted by molar-refractivity contribution is 7.98. The molecule has 9 heteroatoms. The summed E-state index contributed by atoms with van der Waals surface area (Å²) in [4.78, 5) is 17.3. The predicted octanol–water partition coefficient (Wildman–Crippen LogP) is 5.30. The van der Waals surface area contributed by atoms with E-state index in [2.05, 4.69) is 34.7 Å². The van der Waals surface area contributed by atoms with Gasteiger partial charge in [0.25, 0.3) is 5.91 Å². The first-order chi connectivity index (χ1) is 18.9. The summed E-state index contributed by atoms with van der Waals surface area (Å²) >= 11 is 1.48. The van der Waals surface area contributed by atoms with Crippen LogP contribution in [-0.4, -0.2) is 34.7 Å². The lowest BCUT2D eigenvalue weighted by atomic mass is 10.00. The zero-order chi connectivity index (χ0) is 27.6. The van der Waals surface area contributed by atoms with Crippen molar-refractivity contribution in [1.82, 2.24) is 15.6 Å². The van der Waals surface area contributed by atoms with Gasteiger partial charge in [0, 0.05) is 25.4 Å². The number of carbonyl (C=O) groups is 1. The van der Waals surface area contributed by atoms with Gasteiger partial charge >= 0.3 is 0 Å². The van der Waals surface area contributed by atoms with Gasteiger partial charge in [-0.3, -0.25) is 4.79 Å². The highest BCUT2D eigenvalue weighted by atomic mass is 32.2. The number of amides is 1. The summed E-state index contributed by atoms with van der Waals surface area (Å²) in [5.41, 5.74) is 2.60. The summed E-state index contributed by atoms with van der Waals surface area (Å²) < 4.78 is 33.4. The van der Waals surface area contributed by atoms with Gasteiger partial charge in [-0.15, -0.1) is 0 Å². The molecule has 2 aromatic carbocycles. The number of benzene rings is 2. The van der Waals surface area contributed by atoms with Crippen molar-refractivity contribution in [2.24, 2.45) is 0 Å². The average molecular weight is 552 g/mol. The van der Waals surface area contributed by atoms with Crippen molar-refractivity contribution in [1.29, 1.82) is 0 Å². The molecule has 2 atom stereocenters. The summed E-state index contributed by atoms with van der Waals surface area (Å²) in [5, 5.41) is 17.8. The number of rotatable bonds is 13. The van der Waals surface area contributed by atoms with Crippen molar-refractivity contribution in [2.75, 3.05) is 6.54 Å². The Labute approximate surface area is 230 Å². The Morgan fingerprint density at radius 3 is 2.54 bits per heavy atom. The second-order valence-electron chi connectivity index (χ2n) is 9.16. The standard InChI is InChI=1S/C30H31F2N3O3S/c1-2-20-6-5-7-21(12-20)17-33-18-27(36)26(15-22-13-23(31)16-24(32)14-22)35-30(37)28-10-9-25(38-28)19-39-29-8-3-4-11-34-29/h3-14,16,26-27,33,36H,2,15,17-19H2,1H3,(H,35,37). The van der Waals surface area contributed by atoms with Crippen LogP contribution in [0.25, 0.3) is 0 Å². The first-order valence-electron chi connectivity index (χ1n) is 12.7. The number of nitrogens with one attached hydrogen (secondary N) is 2. The van der Waals surface area contributed by atoms with E-state index in [9.17, 15) is 18.7 Å². The fourth-order valence-electron chi connectivity index (χ4n) is 4.13. The lowest BCUT2D eigenvalue weighted by molar-refractivity contribution is 0.0803. The van der Waals surface area contributed by atoms with E-state index in [4.69, 9.17) is 4.42 Å². The van der Waals surface area contributed by atoms with Gasteiger partial charge in [-0.2, -0.15) is 0 Å². The first kappa shape index (κ1) is 28.5. The number of nitrogens with zero attached hydrogens (tertiary/aromatic N) is 1. The monoisotopic (exact) mass is 551 g/mol.